The molecular weight excluding hydrogens is 236 g/mol. The first-order valence-electron chi connectivity index (χ1n) is 7.29. The van der Waals surface area contributed by atoms with Gasteiger partial charge >= 0.3 is 0 Å². The minimum Gasteiger partial charge on any atom is -0.347 e. The highest BCUT2D eigenvalue weighted by Crippen LogP contribution is 2.58. The molecule has 2 bridgehead atoms. The maximum absolute atomic E-state index is 5.97. The summed E-state index contributed by atoms with van der Waals surface area (Å²) in [6, 6.07) is 10.9. The van der Waals surface area contributed by atoms with Crippen molar-refractivity contribution in [3.8, 4) is 0 Å². The lowest BCUT2D eigenvalue weighted by atomic mass is 9.74. The average Bonchev–Trinajstić information content (AvgIpc) is 3.14. The largest absolute Gasteiger partial charge is 0.347 e. The molecule has 2 heteroatoms. The molecule has 1 aromatic rings. The third-order valence-electron chi connectivity index (χ3n) is 5.11. The zero-order valence-electron chi connectivity index (χ0n) is 11.3. The van der Waals surface area contributed by atoms with Gasteiger partial charge in [0, 0.05) is 5.92 Å². The van der Waals surface area contributed by atoms with Crippen molar-refractivity contribution in [2.75, 3.05) is 13.2 Å². The van der Waals surface area contributed by atoms with Gasteiger partial charge < -0.3 is 9.47 Å². The van der Waals surface area contributed by atoms with Crippen LogP contribution in [0.1, 0.15) is 24.8 Å². The Labute approximate surface area is 114 Å². The van der Waals surface area contributed by atoms with Crippen molar-refractivity contribution in [1.29, 1.82) is 0 Å². The maximum Gasteiger partial charge on any atom is 0.169 e. The zero-order chi connectivity index (χ0) is 12.9. The molecule has 3 aliphatic rings. The third kappa shape index (κ3) is 1.70. The summed E-state index contributed by atoms with van der Waals surface area (Å²) in [6.07, 6.45) is 6.04. The second-order valence-electron chi connectivity index (χ2n) is 6.12. The predicted octanol–water partition coefficient (Wildman–Crippen LogP) is 3.36. The topological polar surface area (TPSA) is 18.5 Å². The van der Waals surface area contributed by atoms with Gasteiger partial charge in [0.05, 0.1) is 13.2 Å². The van der Waals surface area contributed by atoms with Gasteiger partial charge in [0.2, 0.25) is 0 Å². The van der Waals surface area contributed by atoms with E-state index in [-0.39, 0.29) is 0 Å². The van der Waals surface area contributed by atoms with Gasteiger partial charge in [0.1, 0.15) is 0 Å². The van der Waals surface area contributed by atoms with Crippen molar-refractivity contribution in [2.45, 2.75) is 25.0 Å². The monoisotopic (exact) mass is 256 g/mol. The van der Waals surface area contributed by atoms with Crippen LogP contribution in [0.5, 0.6) is 0 Å². The average molecular weight is 256 g/mol. The van der Waals surface area contributed by atoms with E-state index in [1.807, 2.05) is 0 Å². The van der Waals surface area contributed by atoms with Crippen molar-refractivity contribution >= 4 is 0 Å². The molecule has 4 atom stereocenters. The van der Waals surface area contributed by atoms with Crippen LogP contribution < -0.4 is 0 Å². The zero-order valence-corrected chi connectivity index (χ0v) is 11.3. The van der Waals surface area contributed by atoms with Crippen LogP contribution >= 0.6 is 0 Å². The predicted molar refractivity (Wildman–Crippen MR) is 73.7 cm³/mol. The van der Waals surface area contributed by atoms with Crippen LogP contribution in [0.15, 0.2) is 42.5 Å². The summed E-state index contributed by atoms with van der Waals surface area (Å²) >= 11 is 0. The highest BCUT2D eigenvalue weighted by atomic mass is 16.7. The van der Waals surface area contributed by atoms with E-state index in [1.165, 1.54) is 12.0 Å². The molecule has 100 valence electrons. The Balaban J connectivity index is 1.74. The Morgan fingerprint density at radius 2 is 1.68 bits per heavy atom. The normalized spacial score (nSPS) is 39.0. The highest BCUT2D eigenvalue weighted by Gasteiger charge is 2.55. The number of benzene rings is 1. The van der Waals surface area contributed by atoms with Crippen LogP contribution in [-0.4, -0.2) is 19.0 Å². The summed E-state index contributed by atoms with van der Waals surface area (Å²) in [6.45, 7) is 3.60. The molecule has 0 radical (unpaired) electrons. The van der Waals surface area contributed by atoms with Crippen LogP contribution in [0.25, 0.3) is 0 Å². The lowest BCUT2D eigenvalue weighted by Gasteiger charge is -2.39. The first-order chi connectivity index (χ1) is 9.28. The smallest absolute Gasteiger partial charge is 0.169 e. The van der Waals surface area contributed by atoms with Gasteiger partial charge in [0.25, 0.3) is 0 Å². The Hall–Kier alpha value is -1.12. The van der Waals surface area contributed by atoms with Crippen LogP contribution in [0.4, 0.5) is 0 Å². The van der Waals surface area contributed by atoms with Crippen molar-refractivity contribution in [3.63, 3.8) is 0 Å². The summed E-state index contributed by atoms with van der Waals surface area (Å²) < 4.78 is 11.9. The van der Waals surface area contributed by atoms with Gasteiger partial charge in [-0.15, -0.1) is 0 Å². The highest BCUT2D eigenvalue weighted by molar-refractivity contribution is 5.30. The van der Waals surface area contributed by atoms with Crippen LogP contribution in [-0.2, 0) is 9.47 Å². The molecule has 0 unspecified atom stereocenters. The van der Waals surface area contributed by atoms with Gasteiger partial charge in [-0.1, -0.05) is 42.5 Å². The molecule has 0 aromatic heterocycles. The third-order valence-corrected chi connectivity index (χ3v) is 5.11. The fourth-order valence-corrected chi connectivity index (χ4v) is 4.39. The molecule has 1 saturated heterocycles. The lowest BCUT2D eigenvalue weighted by molar-refractivity contribution is -0.190. The molecule has 2 aliphatic carbocycles. The van der Waals surface area contributed by atoms with Crippen molar-refractivity contribution in [2.24, 2.45) is 17.8 Å². The molecule has 19 heavy (non-hydrogen) atoms. The first kappa shape index (κ1) is 11.7. The molecule has 2 fully saturated rings. The van der Waals surface area contributed by atoms with Crippen molar-refractivity contribution in [1.82, 2.24) is 0 Å². The second-order valence-corrected chi connectivity index (χ2v) is 6.12. The van der Waals surface area contributed by atoms with Gasteiger partial charge in [-0.05, 0) is 36.7 Å². The second kappa shape index (κ2) is 4.19. The van der Waals surface area contributed by atoms with E-state index in [9.17, 15) is 0 Å². The van der Waals surface area contributed by atoms with E-state index < -0.39 is 5.79 Å². The van der Waals surface area contributed by atoms with E-state index in [4.69, 9.17) is 9.47 Å². The molecule has 0 amide bonds. The van der Waals surface area contributed by atoms with Crippen molar-refractivity contribution in [3.05, 3.63) is 48.0 Å². The first-order valence-corrected chi connectivity index (χ1v) is 7.29. The van der Waals surface area contributed by atoms with Crippen LogP contribution in [0.2, 0.25) is 0 Å². The summed E-state index contributed by atoms with van der Waals surface area (Å²) in [5, 5.41) is 0. The lowest BCUT2D eigenvalue weighted by Crippen LogP contribution is -2.41. The van der Waals surface area contributed by atoms with Gasteiger partial charge in [0.15, 0.2) is 5.79 Å². The SMILES string of the molecule is CC1([C@@H]2[C@@H](c3ccccc3)[C@@H]3C=C[C@H]2C3)OCCO1. The Morgan fingerprint density at radius 3 is 2.42 bits per heavy atom. The molecule has 0 N–H and O–H groups in total. The molecule has 0 spiro atoms. The van der Waals surface area contributed by atoms with Crippen LogP contribution in [0, 0.1) is 17.8 Å². The Bertz CT molecular complexity index is 487. The summed E-state index contributed by atoms with van der Waals surface area (Å²) in [7, 11) is 0. The molecule has 2 nitrogen and oxygen atoms in total. The van der Waals surface area contributed by atoms with E-state index in [0.29, 0.717) is 23.7 Å². The standard InChI is InChI=1S/C17H20O2/c1-17(18-9-10-19-17)16-14-8-7-13(11-14)15(16)12-5-3-2-4-6-12/h2-8,13-16H,9-11H2,1H3/t13-,14+,15+,16+/m1/s1. The molecule has 1 aliphatic heterocycles. The van der Waals surface area contributed by atoms with E-state index >= 15 is 0 Å². The Kier molecular flexibility index (Phi) is 2.58. The Morgan fingerprint density at radius 1 is 1.00 bits per heavy atom. The fraction of sp³-hybridized carbons (Fsp3) is 0.529. The molecule has 1 heterocycles. The molecule has 1 saturated carbocycles. The molecule has 1 aromatic carbocycles. The molecule has 4 rings (SSSR count). The van der Waals surface area contributed by atoms with E-state index in [2.05, 4.69) is 49.4 Å². The van der Waals surface area contributed by atoms with Crippen molar-refractivity contribution < 1.29 is 9.47 Å². The maximum atomic E-state index is 5.97. The summed E-state index contributed by atoms with van der Waals surface area (Å²) in [5.41, 5.74) is 1.43. The number of hydrogen-bond donors (Lipinski definition) is 0. The number of ether oxygens (including phenoxy) is 2. The van der Waals surface area contributed by atoms with Gasteiger partial charge in [-0.2, -0.15) is 0 Å². The number of allylic oxidation sites excluding steroid dienone is 2. The minimum absolute atomic E-state index is 0.398. The number of hydrogen-bond acceptors (Lipinski definition) is 2. The number of rotatable bonds is 2. The quantitative estimate of drug-likeness (QED) is 0.755. The summed E-state index contributed by atoms with van der Waals surface area (Å²) in [4.78, 5) is 0. The summed E-state index contributed by atoms with van der Waals surface area (Å²) in [5.74, 6) is 1.86. The van der Waals surface area contributed by atoms with Gasteiger partial charge in [-0.25, -0.2) is 0 Å². The molecular formula is C17H20O2. The minimum atomic E-state index is -0.398. The number of fused-ring (bicyclic) bond motifs is 2. The van der Waals surface area contributed by atoms with E-state index in [0.717, 1.165) is 13.2 Å². The van der Waals surface area contributed by atoms with Crippen LogP contribution in [0.3, 0.4) is 0 Å². The van der Waals surface area contributed by atoms with E-state index in [1.54, 1.807) is 0 Å². The van der Waals surface area contributed by atoms with Gasteiger partial charge in [-0.3, -0.25) is 0 Å². The fourth-order valence-electron chi connectivity index (χ4n) is 4.39.